The second-order valence-corrected chi connectivity index (χ2v) is 7.49. The van der Waals surface area contributed by atoms with Crippen molar-refractivity contribution in [1.82, 2.24) is 10.3 Å². The molecule has 0 aromatic heterocycles. The minimum absolute atomic E-state index is 0.0881. The number of esters is 1. The van der Waals surface area contributed by atoms with E-state index in [1.807, 2.05) is 13.8 Å². The molecular formula is C24H26N4O6. The van der Waals surface area contributed by atoms with Crippen molar-refractivity contribution in [1.29, 1.82) is 0 Å². The Hall–Kier alpha value is -4.21. The molecule has 2 N–H and O–H groups in total. The molecule has 2 aromatic carbocycles. The van der Waals surface area contributed by atoms with Crippen LogP contribution in [-0.4, -0.2) is 54.2 Å². The van der Waals surface area contributed by atoms with E-state index in [9.17, 15) is 24.0 Å². The van der Waals surface area contributed by atoms with Crippen molar-refractivity contribution in [2.75, 3.05) is 30.0 Å². The third-order valence-electron chi connectivity index (χ3n) is 5.21. The highest BCUT2D eigenvalue weighted by molar-refractivity contribution is 6.02. The molecule has 1 heterocycles. The fourth-order valence-corrected chi connectivity index (χ4v) is 3.33. The summed E-state index contributed by atoms with van der Waals surface area (Å²) in [5.74, 6) is -1.85. The molecule has 2 aromatic rings. The van der Waals surface area contributed by atoms with Crippen LogP contribution in [0.3, 0.4) is 0 Å². The third-order valence-corrected chi connectivity index (χ3v) is 5.21. The number of carbonyl (C=O) groups excluding carboxylic acids is 5. The van der Waals surface area contributed by atoms with Gasteiger partial charge >= 0.3 is 5.97 Å². The van der Waals surface area contributed by atoms with E-state index in [-0.39, 0.29) is 36.1 Å². The normalized spacial score (nSPS) is 13.2. The molecule has 1 aliphatic heterocycles. The van der Waals surface area contributed by atoms with E-state index < -0.39 is 18.5 Å². The summed E-state index contributed by atoms with van der Waals surface area (Å²) in [4.78, 5) is 61.9. The predicted octanol–water partition coefficient (Wildman–Crippen LogP) is 2.12. The van der Waals surface area contributed by atoms with Gasteiger partial charge in [0.1, 0.15) is 0 Å². The van der Waals surface area contributed by atoms with Gasteiger partial charge in [-0.15, -0.1) is 0 Å². The van der Waals surface area contributed by atoms with E-state index in [1.54, 1.807) is 29.2 Å². The van der Waals surface area contributed by atoms with Crippen LogP contribution in [0.5, 0.6) is 0 Å². The fraction of sp³-hybridized carbons (Fsp3) is 0.292. The second-order valence-electron chi connectivity index (χ2n) is 7.49. The Kier molecular flexibility index (Phi) is 7.96. The van der Waals surface area contributed by atoms with Crippen molar-refractivity contribution < 1.29 is 28.7 Å². The number of hydrogen-bond donors (Lipinski definition) is 2. The lowest BCUT2D eigenvalue weighted by Gasteiger charge is -2.27. The maximum atomic E-state index is 12.3. The van der Waals surface area contributed by atoms with Gasteiger partial charge in [0.25, 0.3) is 11.8 Å². The Morgan fingerprint density at radius 3 is 2.18 bits per heavy atom. The van der Waals surface area contributed by atoms with Gasteiger partial charge in [-0.2, -0.15) is 0 Å². The monoisotopic (exact) mass is 466 g/mol. The molecule has 0 aliphatic carbocycles. The summed E-state index contributed by atoms with van der Waals surface area (Å²) < 4.78 is 5.05. The average Bonchev–Trinajstić information content (AvgIpc) is 2.85. The summed E-state index contributed by atoms with van der Waals surface area (Å²) in [7, 11) is 0. The summed E-state index contributed by atoms with van der Waals surface area (Å²) in [5.41, 5.74) is 4.05. The summed E-state index contributed by atoms with van der Waals surface area (Å²) in [6.45, 7) is 4.52. The molecule has 0 spiro atoms. The SMILES string of the molecule is CCN(CC)C(=O)c1ccc(NC(=O)COC(=O)c2ccc(N3NC(=O)CCC3=O)cc2)cc1. The highest BCUT2D eigenvalue weighted by Gasteiger charge is 2.24. The summed E-state index contributed by atoms with van der Waals surface area (Å²) >= 11 is 0. The number of amides is 4. The first kappa shape index (κ1) is 24.4. The lowest BCUT2D eigenvalue weighted by Crippen LogP contribution is -2.50. The van der Waals surface area contributed by atoms with Crippen molar-refractivity contribution in [3.63, 3.8) is 0 Å². The van der Waals surface area contributed by atoms with E-state index in [2.05, 4.69) is 10.7 Å². The highest BCUT2D eigenvalue weighted by Crippen LogP contribution is 2.18. The molecule has 0 saturated carbocycles. The largest absolute Gasteiger partial charge is 0.452 e. The van der Waals surface area contributed by atoms with Gasteiger partial charge in [-0.3, -0.25) is 24.6 Å². The lowest BCUT2D eigenvalue weighted by atomic mass is 10.1. The standard InChI is InChI=1S/C24H26N4O6/c1-3-27(4-2)23(32)16-5-9-18(10-6-16)25-21(30)15-34-24(33)17-7-11-19(12-8-17)28-22(31)14-13-20(29)26-28/h5-12H,3-4,13-15H2,1-2H3,(H,25,30)(H,26,29). The van der Waals surface area contributed by atoms with Gasteiger partial charge in [-0.25, -0.2) is 9.80 Å². The molecule has 0 atom stereocenters. The van der Waals surface area contributed by atoms with Gasteiger partial charge in [0, 0.05) is 37.2 Å². The van der Waals surface area contributed by atoms with Crippen LogP contribution < -0.4 is 15.8 Å². The predicted molar refractivity (Wildman–Crippen MR) is 124 cm³/mol. The molecule has 1 aliphatic rings. The number of nitrogens with one attached hydrogen (secondary N) is 2. The second kappa shape index (κ2) is 11.1. The molecular weight excluding hydrogens is 440 g/mol. The number of anilines is 2. The number of benzene rings is 2. The quantitative estimate of drug-likeness (QED) is 0.574. The number of hydrogen-bond acceptors (Lipinski definition) is 6. The molecule has 1 saturated heterocycles. The van der Waals surface area contributed by atoms with Crippen LogP contribution in [0.2, 0.25) is 0 Å². The Morgan fingerprint density at radius 2 is 1.56 bits per heavy atom. The van der Waals surface area contributed by atoms with Gasteiger partial charge in [-0.05, 0) is 62.4 Å². The van der Waals surface area contributed by atoms with Crippen molar-refractivity contribution in [2.45, 2.75) is 26.7 Å². The van der Waals surface area contributed by atoms with Gasteiger partial charge in [-0.1, -0.05) is 0 Å². The number of hydrazine groups is 1. The molecule has 0 unspecified atom stereocenters. The minimum atomic E-state index is -0.712. The average molecular weight is 466 g/mol. The van der Waals surface area contributed by atoms with Crippen molar-refractivity contribution in [2.24, 2.45) is 0 Å². The van der Waals surface area contributed by atoms with E-state index in [0.717, 1.165) is 5.01 Å². The van der Waals surface area contributed by atoms with Crippen LogP contribution in [0.1, 0.15) is 47.4 Å². The molecule has 1 fully saturated rings. The molecule has 10 heteroatoms. The van der Waals surface area contributed by atoms with Crippen LogP contribution in [-0.2, 0) is 19.1 Å². The molecule has 4 amide bonds. The zero-order chi connectivity index (χ0) is 24.7. The fourth-order valence-electron chi connectivity index (χ4n) is 3.33. The van der Waals surface area contributed by atoms with Crippen LogP contribution in [0, 0.1) is 0 Å². The Bertz CT molecular complexity index is 1080. The Labute approximate surface area is 196 Å². The van der Waals surface area contributed by atoms with E-state index in [4.69, 9.17) is 4.74 Å². The first-order chi connectivity index (χ1) is 16.3. The molecule has 34 heavy (non-hydrogen) atoms. The molecule has 178 valence electrons. The van der Waals surface area contributed by atoms with Crippen LogP contribution in [0.25, 0.3) is 0 Å². The maximum Gasteiger partial charge on any atom is 0.338 e. The summed E-state index contributed by atoms with van der Waals surface area (Å²) in [6.07, 6.45) is 0.250. The maximum absolute atomic E-state index is 12.3. The highest BCUT2D eigenvalue weighted by atomic mass is 16.5. The summed E-state index contributed by atoms with van der Waals surface area (Å²) in [6, 6.07) is 12.3. The molecule has 10 nitrogen and oxygen atoms in total. The Morgan fingerprint density at radius 1 is 0.941 bits per heavy atom. The molecule has 0 radical (unpaired) electrons. The van der Waals surface area contributed by atoms with Crippen LogP contribution in [0.15, 0.2) is 48.5 Å². The van der Waals surface area contributed by atoms with Gasteiger partial charge in [0.15, 0.2) is 6.61 Å². The van der Waals surface area contributed by atoms with Gasteiger partial charge < -0.3 is 15.0 Å². The first-order valence-electron chi connectivity index (χ1n) is 10.9. The van der Waals surface area contributed by atoms with Gasteiger partial charge in [0.05, 0.1) is 11.3 Å². The number of nitrogens with zero attached hydrogens (tertiary/aromatic N) is 2. The molecule has 3 rings (SSSR count). The molecule has 0 bridgehead atoms. The zero-order valence-electron chi connectivity index (χ0n) is 19.0. The topological polar surface area (TPSA) is 125 Å². The van der Waals surface area contributed by atoms with E-state index in [1.165, 1.54) is 24.3 Å². The third kappa shape index (κ3) is 5.97. The van der Waals surface area contributed by atoms with Crippen LogP contribution in [0.4, 0.5) is 11.4 Å². The number of rotatable bonds is 8. The summed E-state index contributed by atoms with van der Waals surface area (Å²) in [5, 5.41) is 3.74. The lowest BCUT2D eigenvalue weighted by molar-refractivity contribution is -0.130. The number of carbonyl (C=O) groups is 5. The van der Waals surface area contributed by atoms with Crippen molar-refractivity contribution >= 4 is 41.0 Å². The first-order valence-corrected chi connectivity index (χ1v) is 10.9. The van der Waals surface area contributed by atoms with Crippen molar-refractivity contribution in [3.8, 4) is 0 Å². The Balaban J connectivity index is 1.51. The van der Waals surface area contributed by atoms with Gasteiger partial charge in [0.2, 0.25) is 11.8 Å². The number of ether oxygens (including phenoxy) is 1. The minimum Gasteiger partial charge on any atom is -0.452 e. The van der Waals surface area contributed by atoms with Crippen LogP contribution >= 0.6 is 0 Å². The van der Waals surface area contributed by atoms with Crippen molar-refractivity contribution in [3.05, 3.63) is 59.7 Å². The van der Waals surface area contributed by atoms with E-state index in [0.29, 0.717) is 30.0 Å². The smallest absolute Gasteiger partial charge is 0.338 e. The zero-order valence-corrected chi connectivity index (χ0v) is 19.0. The van der Waals surface area contributed by atoms with E-state index >= 15 is 0 Å².